The van der Waals surface area contributed by atoms with E-state index in [1.807, 2.05) is 0 Å². The van der Waals surface area contributed by atoms with E-state index in [2.05, 4.69) is 44.1 Å². The summed E-state index contributed by atoms with van der Waals surface area (Å²) in [5.74, 6) is 0. The first kappa shape index (κ1) is 12.4. The van der Waals surface area contributed by atoms with E-state index in [9.17, 15) is 0 Å². The molecule has 1 fully saturated rings. The van der Waals surface area contributed by atoms with Crippen LogP contribution in [-0.4, -0.2) is 22.7 Å². The molecule has 1 aromatic heterocycles. The second kappa shape index (κ2) is 6.02. The van der Waals surface area contributed by atoms with Gasteiger partial charge in [-0.1, -0.05) is 16.6 Å². The van der Waals surface area contributed by atoms with E-state index < -0.39 is 0 Å². The monoisotopic (exact) mass is 274 g/mol. The van der Waals surface area contributed by atoms with Crippen molar-refractivity contribution in [1.82, 2.24) is 9.59 Å². The molecular weight excluding hydrogens is 256 g/mol. The maximum Gasteiger partial charge on any atom is 0.130 e. The zero-order chi connectivity index (χ0) is 12.9. The number of aromatic nitrogens is 2. The summed E-state index contributed by atoms with van der Waals surface area (Å²) in [7, 11) is 0. The Morgan fingerprint density at radius 2 is 1.89 bits per heavy atom. The first-order valence-corrected chi connectivity index (χ1v) is 7.54. The van der Waals surface area contributed by atoms with Crippen molar-refractivity contribution < 1.29 is 0 Å². The van der Waals surface area contributed by atoms with E-state index >= 15 is 0 Å². The van der Waals surface area contributed by atoms with Crippen molar-refractivity contribution in [2.75, 3.05) is 23.3 Å². The molecule has 1 aliphatic heterocycles. The van der Waals surface area contributed by atoms with Crippen molar-refractivity contribution in [3.8, 4) is 0 Å². The Hall–Kier alpha value is -1.62. The standard InChI is InChI=1S/C14H18N4S/c1-2-8-18(9-3-1)13-6-4-12(5-7-13)10-15-14-11-16-17-19-14/h4-7,11,15H,1-3,8-10H2. The predicted octanol–water partition coefficient (Wildman–Crippen LogP) is 3.14. The Balaban J connectivity index is 1.58. The van der Waals surface area contributed by atoms with Crippen LogP contribution in [0, 0.1) is 0 Å². The van der Waals surface area contributed by atoms with Crippen molar-refractivity contribution in [1.29, 1.82) is 0 Å². The second-order valence-corrected chi connectivity index (χ2v) is 5.64. The lowest BCUT2D eigenvalue weighted by Crippen LogP contribution is -2.29. The average Bonchev–Trinajstić information content (AvgIpc) is 3.00. The molecule has 100 valence electrons. The van der Waals surface area contributed by atoms with E-state index in [-0.39, 0.29) is 0 Å². The van der Waals surface area contributed by atoms with Crippen molar-refractivity contribution in [2.24, 2.45) is 0 Å². The third-order valence-electron chi connectivity index (χ3n) is 3.49. The number of benzene rings is 1. The molecule has 2 heterocycles. The van der Waals surface area contributed by atoms with Crippen molar-refractivity contribution >= 4 is 22.2 Å². The number of hydrogen-bond donors (Lipinski definition) is 1. The maximum absolute atomic E-state index is 3.83. The van der Waals surface area contributed by atoms with Crippen molar-refractivity contribution in [2.45, 2.75) is 25.8 Å². The molecule has 1 aromatic carbocycles. The van der Waals surface area contributed by atoms with Crippen LogP contribution in [-0.2, 0) is 6.54 Å². The smallest absolute Gasteiger partial charge is 0.130 e. The Morgan fingerprint density at radius 1 is 1.11 bits per heavy atom. The quantitative estimate of drug-likeness (QED) is 0.930. The summed E-state index contributed by atoms with van der Waals surface area (Å²) in [5, 5.41) is 8.14. The highest BCUT2D eigenvalue weighted by molar-refractivity contribution is 7.09. The van der Waals surface area contributed by atoms with Gasteiger partial charge in [0.05, 0.1) is 6.20 Å². The minimum atomic E-state index is 0.824. The topological polar surface area (TPSA) is 41.0 Å². The van der Waals surface area contributed by atoms with Gasteiger partial charge in [0.1, 0.15) is 5.00 Å². The number of rotatable bonds is 4. The number of piperidine rings is 1. The predicted molar refractivity (Wildman–Crippen MR) is 79.7 cm³/mol. The summed E-state index contributed by atoms with van der Waals surface area (Å²) in [4.78, 5) is 2.48. The average molecular weight is 274 g/mol. The molecule has 2 aromatic rings. The highest BCUT2D eigenvalue weighted by Crippen LogP contribution is 2.20. The van der Waals surface area contributed by atoms with Gasteiger partial charge in [-0.05, 0) is 37.0 Å². The van der Waals surface area contributed by atoms with Crippen LogP contribution in [0.2, 0.25) is 0 Å². The second-order valence-electron chi connectivity index (χ2n) is 4.85. The molecule has 5 heteroatoms. The molecule has 1 N–H and O–H groups in total. The molecule has 1 aliphatic rings. The van der Waals surface area contributed by atoms with Crippen molar-refractivity contribution in [3.05, 3.63) is 36.0 Å². The van der Waals surface area contributed by atoms with E-state index in [0.717, 1.165) is 11.5 Å². The van der Waals surface area contributed by atoms with E-state index in [4.69, 9.17) is 0 Å². The number of hydrogen-bond acceptors (Lipinski definition) is 5. The fourth-order valence-corrected chi connectivity index (χ4v) is 2.82. The number of nitrogens with zero attached hydrogens (tertiary/aromatic N) is 3. The lowest BCUT2D eigenvalue weighted by atomic mass is 10.1. The van der Waals surface area contributed by atoms with Crippen LogP contribution in [0.25, 0.3) is 0 Å². The van der Waals surface area contributed by atoms with E-state index in [1.165, 1.54) is 55.1 Å². The van der Waals surface area contributed by atoms with Gasteiger partial charge in [0.2, 0.25) is 0 Å². The molecule has 0 saturated carbocycles. The zero-order valence-corrected chi connectivity index (χ0v) is 11.7. The summed E-state index contributed by atoms with van der Waals surface area (Å²) in [6.45, 7) is 3.22. The molecule has 0 amide bonds. The minimum absolute atomic E-state index is 0.824. The van der Waals surface area contributed by atoms with Crippen LogP contribution in [0.1, 0.15) is 24.8 Å². The number of anilines is 2. The molecule has 0 spiro atoms. The Kier molecular flexibility index (Phi) is 3.93. The van der Waals surface area contributed by atoms with E-state index in [1.54, 1.807) is 6.20 Å². The van der Waals surface area contributed by atoms with Gasteiger partial charge in [0.15, 0.2) is 0 Å². The molecule has 19 heavy (non-hydrogen) atoms. The molecule has 1 saturated heterocycles. The minimum Gasteiger partial charge on any atom is -0.372 e. The molecule has 4 nitrogen and oxygen atoms in total. The fourth-order valence-electron chi connectivity index (χ4n) is 2.41. The van der Waals surface area contributed by atoms with Gasteiger partial charge in [-0.2, -0.15) is 0 Å². The molecule has 0 bridgehead atoms. The van der Waals surface area contributed by atoms with Crippen LogP contribution in [0.4, 0.5) is 10.7 Å². The van der Waals surface area contributed by atoms with Gasteiger partial charge < -0.3 is 10.2 Å². The van der Waals surface area contributed by atoms with E-state index in [0.29, 0.717) is 0 Å². The van der Waals surface area contributed by atoms with Crippen LogP contribution < -0.4 is 10.2 Å². The molecule has 0 aliphatic carbocycles. The lowest BCUT2D eigenvalue weighted by Gasteiger charge is -2.28. The van der Waals surface area contributed by atoms with Gasteiger partial charge in [-0.3, -0.25) is 0 Å². The SMILES string of the molecule is c1cc(N2CCCCC2)ccc1CNc1cnns1. The first-order valence-electron chi connectivity index (χ1n) is 6.77. The normalized spacial score (nSPS) is 15.5. The summed E-state index contributed by atoms with van der Waals surface area (Å²) in [5.41, 5.74) is 2.64. The molecular formula is C14H18N4S. The Bertz CT molecular complexity index is 489. The zero-order valence-electron chi connectivity index (χ0n) is 10.9. The summed E-state index contributed by atoms with van der Waals surface area (Å²) >= 11 is 1.39. The van der Waals surface area contributed by atoms with Gasteiger partial charge in [0.25, 0.3) is 0 Å². The lowest BCUT2D eigenvalue weighted by molar-refractivity contribution is 0.578. The molecule has 3 rings (SSSR count). The maximum atomic E-state index is 3.83. The highest BCUT2D eigenvalue weighted by atomic mass is 32.1. The van der Waals surface area contributed by atoms with Gasteiger partial charge >= 0.3 is 0 Å². The largest absolute Gasteiger partial charge is 0.372 e. The molecule has 0 atom stereocenters. The van der Waals surface area contributed by atoms with Crippen molar-refractivity contribution in [3.63, 3.8) is 0 Å². The third-order valence-corrected chi connectivity index (χ3v) is 4.11. The van der Waals surface area contributed by atoms with Gasteiger partial charge in [-0.15, -0.1) is 5.10 Å². The van der Waals surface area contributed by atoms with Gasteiger partial charge in [-0.25, -0.2) is 0 Å². The number of nitrogens with one attached hydrogen (secondary N) is 1. The van der Waals surface area contributed by atoms with Crippen LogP contribution >= 0.6 is 11.5 Å². The van der Waals surface area contributed by atoms with Crippen LogP contribution in [0.3, 0.4) is 0 Å². The third kappa shape index (κ3) is 3.23. The highest BCUT2D eigenvalue weighted by Gasteiger charge is 2.10. The van der Waals surface area contributed by atoms with Gasteiger partial charge in [0, 0.05) is 36.9 Å². The summed E-state index contributed by atoms with van der Waals surface area (Å²) in [6.07, 6.45) is 5.78. The Labute approximate surface area is 117 Å². The molecule has 0 radical (unpaired) electrons. The summed E-state index contributed by atoms with van der Waals surface area (Å²) < 4.78 is 3.83. The van der Waals surface area contributed by atoms with Crippen LogP contribution in [0.15, 0.2) is 30.5 Å². The fraction of sp³-hybridized carbons (Fsp3) is 0.429. The molecule has 0 unspecified atom stereocenters. The summed E-state index contributed by atoms with van der Waals surface area (Å²) in [6, 6.07) is 8.86. The Morgan fingerprint density at radius 3 is 2.58 bits per heavy atom. The first-order chi connectivity index (χ1) is 9.42. The van der Waals surface area contributed by atoms with Crippen LogP contribution in [0.5, 0.6) is 0 Å².